The zero-order valence-electron chi connectivity index (χ0n) is 33.4. The van der Waals surface area contributed by atoms with Crippen molar-refractivity contribution >= 4 is 65.3 Å². The first kappa shape index (κ1) is 38.7. The molecule has 0 bridgehead atoms. The Morgan fingerprint density at radius 2 is 1.25 bits per heavy atom. The second kappa shape index (κ2) is 14.6. The van der Waals surface area contributed by atoms with Crippen LogP contribution in [0.5, 0.6) is 0 Å². The maximum absolute atomic E-state index is 11.0. The number of halogens is 1. The summed E-state index contributed by atoms with van der Waals surface area (Å²) < 4.78 is 31.0. The van der Waals surface area contributed by atoms with Gasteiger partial charge in [0.05, 0.1) is 0 Å². The van der Waals surface area contributed by atoms with E-state index in [1.54, 1.807) is 30.3 Å². The molecule has 6 aromatic carbocycles. The average molecular weight is 790 g/mol. The summed E-state index contributed by atoms with van der Waals surface area (Å²) in [6.45, 7) is 11.7. The summed E-state index contributed by atoms with van der Waals surface area (Å²) in [6.07, 6.45) is 12.4. The first-order valence-electron chi connectivity index (χ1n) is 19.6. The van der Waals surface area contributed by atoms with Gasteiger partial charge < -0.3 is 4.90 Å². The molecule has 6 aromatic rings. The van der Waals surface area contributed by atoms with Crippen molar-refractivity contribution in [2.75, 3.05) is 11.9 Å². The Morgan fingerprint density at radius 1 is 0.667 bits per heavy atom. The van der Waals surface area contributed by atoms with Gasteiger partial charge in [-0.05, 0) is 110 Å². The van der Waals surface area contributed by atoms with Gasteiger partial charge in [-0.25, -0.2) is 0 Å². The first-order valence-corrected chi connectivity index (χ1v) is 21.4. The number of hydrogen-bond donors (Lipinski definition) is 1. The molecular weight excluding hydrogens is 742 g/mol. The number of hydrogen-bond acceptors (Lipinski definition) is 3. The molecule has 9 rings (SSSR count). The second-order valence-corrected chi connectivity index (χ2v) is 18.2. The minimum absolute atomic E-state index is 0.0457. The summed E-state index contributed by atoms with van der Waals surface area (Å²) >= 11 is 7.17. The van der Waals surface area contributed by atoms with Crippen molar-refractivity contribution < 1.29 is 13.0 Å². The highest BCUT2D eigenvalue weighted by Crippen LogP contribution is 2.51. The molecular formula is C51H48ClNO3S. The molecule has 288 valence electrons. The van der Waals surface area contributed by atoms with Gasteiger partial charge in [-0.2, -0.15) is 8.42 Å². The maximum Gasteiger partial charge on any atom is 0.295 e. The summed E-state index contributed by atoms with van der Waals surface area (Å²) in [5.41, 5.74) is 11.9. The molecule has 0 saturated carbocycles. The average Bonchev–Trinajstić information content (AvgIpc) is 3.52. The predicted molar refractivity (Wildman–Crippen MR) is 241 cm³/mol. The van der Waals surface area contributed by atoms with Crippen LogP contribution in [0.25, 0.3) is 37.9 Å². The summed E-state index contributed by atoms with van der Waals surface area (Å²) in [5, 5.41) is 7.55. The van der Waals surface area contributed by atoms with E-state index in [0.29, 0.717) is 5.39 Å². The zero-order valence-corrected chi connectivity index (χ0v) is 35.0. The molecule has 1 aliphatic heterocycles. The number of anilines is 1. The Bertz CT molecular complexity index is 2880. The van der Waals surface area contributed by atoms with E-state index in [2.05, 4.69) is 144 Å². The third-order valence-electron chi connectivity index (χ3n) is 12.3. The molecule has 0 atom stereocenters. The number of benzene rings is 6. The lowest BCUT2D eigenvalue weighted by Gasteiger charge is -2.25. The SMILES string of the molecule is CC1=C(C=CC2=C(Cl)C(=CC=C3N(C)c4ccc5ccccc5c4C3(C)C)CCC2)C(C)(C)c2c1ccc1ccccc21.O=S(=O)(O)c1cccc2ccccc12. The van der Waals surface area contributed by atoms with Gasteiger partial charge in [0, 0.05) is 39.7 Å². The van der Waals surface area contributed by atoms with Crippen molar-refractivity contribution in [3.8, 4) is 0 Å². The Balaban J connectivity index is 0.000000274. The van der Waals surface area contributed by atoms with Crippen molar-refractivity contribution in [3.05, 3.63) is 184 Å². The van der Waals surface area contributed by atoms with Gasteiger partial charge in [0.2, 0.25) is 0 Å². The molecule has 4 nitrogen and oxygen atoms in total. The van der Waals surface area contributed by atoms with Crippen LogP contribution in [0, 0.1) is 0 Å². The van der Waals surface area contributed by atoms with E-state index in [4.69, 9.17) is 16.2 Å². The van der Waals surface area contributed by atoms with E-state index in [0.717, 1.165) is 29.7 Å². The largest absolute Gasteiger partial charge is 0.347 e. The summed E-state index contributed by atoms with van der Waals surface area (Å²) in [7, 11) is -1.94. The molecule has 0 unspecified atom stereocenters. The van der Waals surface area contributed by atoms with Gasteiger partial charge in [0.1, 0.15) is 4.90 Å². The monoisotopic (exact) mass is 789 g/mol. The Hall–Kier alpha value is -5.20. The Morgan fingerprint density at radius 3 is 1.91 bits per heavy atom. The number of likely N-dealkylation sites (N-methyl/N-ethyl adjacent to an activating group) is 1. The van der Waals surface area contributed by atoms with Gasteiger partial charge in [-0.3, -0.25) is 4.55 Å². The normalized spacial score (nSPS) is 18.9. The van der Waals surface area contributed by atoms with Crippen LogP contribution in [0.1, 0.15) is 70.6 Å². The van der Waals surface area contributed by atoms with Crippen LogP contribution in [0.3, 0.4) is 0 Å². The van der Waals surface area contributed by atoms with Crippen LogP contribution in [-0.4, -0.2) is 20.0 Å². The fraction of sp³-hybridized carbons (Fsp3) is 0.216. The topological polar surface area (TPSA) is 57.6 Å². The molecule has 0 saturated heterocycles. The van der Waals surface area contributed by atoms with Gasteiger partial charge >= 0.3 is 0 Å². The lowest BCUT2D eigenvalue weighted by atomic mass is 9.78. The number of rotatable bonds is 4. The van der Waals surface area contributed by atoms with E-state index in [1.807, 2.05) is 6.07 Å². The highest BCUT2D eigenvalue weighted by molar-refractivity contribution is 7.86. The molecule has 0 radical (unpaired) electrons. The molecule has 0 amide bonds. The smallest absolute Gasteiger partial charge is 0.295 e. The minimum atomic E-state index is -4.13. The first-order chi connectivity index (χ1) is 27.2. The second-order valence-electron chi connectivity index (χ2n) is 16.5. The third-order valence-corrected chi connectivity index (χ3v) is 13.7. The van der Waals surface area contributed by atoms with Crippen molar-refractivity contribution in [1.82, 2.24) is 0 Å². The summed E-state index contributed by atoms with van der Waals surface area (Å²) in [5.74, 6) is 0. The van der Waals surface area contributed by atoms with Gasteiger partial charge in [0.15, 0.2) is 0 Å². The molecule has 0 aromatic heterocycles. The molecule has 3 aliphatic rings. The van der Waals surface area contributed by atoms with Gasteiger partial charge in [-0.15, -0.1) is 0 Å². The van der Waals surface area contributed by atoms with Crippen molar-refractivity contribution in [2.24, 2.45) is 0 Å². The van der Waals surface area contributed by atoms with E-state index in [-0.39, 0.29) is 15.7 Å². The highest BCUT2D eigenvalue weighted by atomic mass is 35.5. The predicted octanol–water partition coefficient (Wildman–Crippen LogP) is 13.6. The van der Waals surface area contributed by atoms with Crippen LogP contribution in [0.4, 0.5) is 5.69 Å². The molecule has 1 N–H and O–H groups in total. The molecule has 57 heavy (non-hydrogen) atoms. The Kier molecular flexibility index (Phi) is 9.92. The number of nitrogens with zero attached hydrogens (tertiary/aromatic N) is 1. The van der Waals surface area contributed by atoms with Crippen LogP contribution in [0.2, 0.25) is 0 Å². The van der Waals surface area contributed by atoms with Crippen LogP contribution in [0.15, 0.2) is 172 Å². The minimum Gasteiger partial charge on any atom is -0.347 e. The van der Waals surface area contributed by atoms with Crippen molar-refractivity contribution in [3.63, 3.8) is 0 Å². The van der Waals surface area contributed by atoms with Crippen LogP contribution in [-0.2, 0) is 20.9 Å². The van der Waals surface area contributed by atoms with E-state index in [9.17, 15) is 8.42 Å². The maximum atomic E-state index is 11.0. The molecule has 2 aliphatic carbocycles. The summed E-state index contributed by atoms with van der Waals surface area (Å²) in [6, 6.07) is 38.4. The quantitative estimate of drug-likeness (QED) is 0.181. The van der Waals surface area contributed by atoms with E-state index >= 15 is 0 Å². The third kappa shape index (κ3) is 6.76. The standard InChI is InChI=1S/C41H40ClN.C10H8O3S/c1-26-31-22-18-27-12-7-9-16-32(27)37(31)40(2,3)34(26)23-19-29-14-11-15-30(39(29)42)21-25-36-41(4,5)38-33-17-10-8-13-28(33)20-24-35(38)43(36)6;11-14(12,13)10-7-3-5-8-4-1-2-6-9(8)10/h7-10,12-13,16-25H,11,14-15H2,1-6H3;1-7H,(H,11,12,13). The van der Waals surface area contributed by atoms with Crippen molar-refractivity contribution in [1.29, 1.82) is 0 Å². The van der Waals surface area contributed by atoms with Gasteiger partial charge in [-0.1, -0.05) is 161 Å². The molecule has 1 heterocycles. The number of fused-ring (bicyclic) bond motifs is 7. The molecule has 0 fully saturated rings. The molecule has 6 heteroatoms. The van der Waals surface area contributed by atoms with Gasteiger partial charge in [0.25, 0.3) is 10.1 Å². The Labute approximate surface area is 341 Å². The summed E-state index contributed by atoms with van der Waals surface area (Å²) in [4.78, 5) is 2.31. The fourth-order valence-electron chi connectivity index (χ4n) is 9.52. The number of allylic oxidation sites excluding steroid dienone is 10. The van der Waals surface area contributed by atoms with Crippen LogP contribution >= 0.6 is 11.6 Å². The lowest BCUT2D eigenvalue weighted by Crippen LogP contribution is -2.22. The van der Waals surface area contributed by atoms with Crippen LogP contribution < -0.4 is 4.90 Å². The lowest BCUT2D eigenvalue weighted by molar-refractivity contribution is 0.484. The molecule has 0 spiro atoms. The fourth-order valence-corrected chi connectivity index (χ4v) is 10.6. The highest BCUT2D eigenvalue weighted by Gasteiger charge is 2.40. The van der Waals surface area contributed by atoms with Crippen molar-refractivity contribution in [2.45, 2.75) is 69.6 Å². The van der Waals surface area contributed by atoms with E-state index < -0.39 is 10.1 Å². The zero-order chi connectivity index (χ0) is 40.3. The van der Waals surface area contributed by atoms with E-state index in [1.165, 1.54) is 78.0 Å².